The summed E-state index contributed by atoms with van der Waals surface area (Å²) in [7, 11) is 0. The van der Waals surface area contributed by atoms with Crippen molar-refractivity contribution in [2.75, 3.05) is 13.2 Å². The molecule has 0 aliphatic rings. The molecular formula is C11H19N3O2. The highest BCUT2D eigenvalue weighted by Gasteiger charge is 2.11. The summed E-state index contributed by atoms with van der Waals surface area (Å²) in [6, 6.07) is 1.78. The van der Waals surface area contributed by atoms with Gasteiger partial charge in [-0.15, -0.1) is 0 Å². The zero-order valence-electron chi connectivity index (χ0n) is 9.86. The van der Waals surface area contributed by atoms with Crippen LogP contribution in [0, 0.1) is 6.92 Å². The fourth-order valence-electron chi connectivity index (χ4n) is 1.50. The van der Waals surface area contributed by atoms with Crippen LogP contribution in [-0.2, 0) is 6.54 Å². The standard InChI is InChI=1S/C11H19N3O2/c1-3-14-10(8-9(2)13-14)11(16)12-6-4-5-7-15/h8,15H,3-7H2,1-2H3,(H,12,16). The van der Waals surface area contributed by atoms with Gasteiger partial charge in [-0.2, -0.15) is 5.10 Å². The van der Waals surface area contributed by atoms with Gasteiger partial charge < -0.3 is 10.4 Å². The number of hydrogen-bond donors (Lipinski definition) is 2. The van der Waals surface area contributed by atoms with E-state index in [1.54, 1.807) is 10.7 Å². The minimum atomic E-state index is -0.0969. The first-order valence-electron chi connectivity index (χ1n) is 5.62. The molecule has 0 bridgehead atoms. The zero-order chi connectivity index (χ0) is 12.0. The van der Waals surface area contributed by atoms with Gasteiger partial charge in [-0.1, -0.05) is 0 Å². The first-order chi connectivity index (χ1) is 7.69. The van der Waals surface area contributed by atoms with Crippen LogP contribution in [0.15, 0.2) is 6.07 Å². The lowest BCUT2D eigenvalue weighted by Crippen LogP contribution is -2.27. The molecular weight excluding hydrogens is 206 g/mol. The maximum Gasteiger partial charge on any atom is 0.269 e. The molecule has 1 rings (SSSR count). The van der Waals surface area contributed by atoms with E-state index in [0.29, 0.717) is 25.2 Å². The maximum absolute atomic E-state index is 11.8. The molecule has 0 aliphatic carbocycles. The Kier molecular flexibility index (Phi) is 4.98. The van der Waals surface area contributed by atoms with Crippen LogP contribution in [0.2, 0.25) is 0 Å². The lowest BCUT2D eigenvalue weighted by atomic mass is 10.3. The third-order valence-corrected chi connectivity index (χ3v) is 2.30. The Hall–Kier alpha value is -1.36. The predicted octanol–water partition coefficient (Wildman–Crippen LogP) is 0.714. The molecule has 0 spiro atoms. The van der Waals surface area contributed by atoms with E-state index < -0.39 is 0 Å². The molecule has 0 fully saturated rings. The molecule has 90 valence electrons. The topological polar surface area (TPSA) is 67.2 Å². The highest BCUT2D eigenvalue weighted by atomic mass is 16.2. The van der Waals surface area contributed by atoms with Crippen LogP contribution < -0.4 is 5.32 Å². The Bertz CT molecular complexity index is 347. The number of aliphatic hydroxyl groups is 1. The van der Waals surface area contributed by atoms with Gasteiger partial charge in [-0.25, -0.2) is 0 Å². The lowest BCUT2D eigenvalue weighted by molar-refractivity contribution is 0.0941. The van der Waals surface area contributed by atoms with Crippen molar-refractivity contribution >= 4 is 5.91 Å². The van der Waals surface area contributed by atoms with Gasteiger partial charge in [0.05, 0.1) is 5.69 Å². The Balaban J connectivity index is 2.51. The summed E-state index contributed by atoms with van der Waals surface area (Å²) in [5.74, 6) is -0.0969. The molecule has 0 aliphatic heterocycles. The van der Waals surface area contributed by atoms with Crippen molar-refractivity contribution in [3.8, 4) is 0 Å². The quantitative estimate of drug-likeness (QED) is 0.701. The number of nitrogens with one attached hydrogen (secondary N) is 1. The molecule has 1 aromatic heterocycles. The van der Waals surface area contributed by atoms with E-state index in [1.165, 1.54) is 0 Å². The van der Waals surface area contributed by atoms with Crippen molar-refractivity contribution in [3.63, 3.8) is 0 Å². The van der Waals surface area contributed by atoms with Gasteiger partial charge in [0.1, 0.15) is 5.69 Å². The van der Waals surface area contributed by atoms with Gasteiger partial charge in [0.25, 0.3) is 5.91 Å². The number of aryl methyl sites for hydroxylation is 2. The number of rotatable bonds is 6. The van der Waals surface area contributed by atoms with E-state index in [1.807, 2.05) is 13.8 Å². The second kappa shape index (κ2) is 6.27. The third kappa shape index (κ3) is 3.34. The van der Waals surface area contributed by atoms with Crippen LogP contribution >= 0.6 is 0 Å². The smallest absolute Gasteiger partial charge is 0.269 e. The summed E-state index contributed by atoms with van der Waals surface area (Å²) in [6.07, 6.45) is 1.51. The molecule has 5 heteroatoms. The van der Waals surface area contributed by atoms with E-state index in [9.17, 15) is 4.79 Å². The van der Waals surface area contributed by atoms with Crippen molar-refractivity contribution in [1.29, 1.82) is 0 Å². The van der Waals surface area contributed by atoms with E-state index in [4.69, 9.17) is 5.11 Å². The number of aromatic nitrogens is 2. The fourth-order valence-corrected chi connectivity index (χ4v) is 1.50. The summed E-state index contributed by atoms with van der Waals surface area (Å²) in [5, 5.41) is 15.6. The monoisotopic (exact) mass is 225 g/mol. The highest BCUT2D eigenvalue weighted by molar-refractivity contribution is 5.92. The summed E-state index contributed by atoms with van der Waals surface area (Å²) >= 11 is 0. The average molecular weight is 225 g/mol. The SMILES string of the molecule is CCn1nc(C)cc1C(=O)NCCCCO. The minimum absolute atomic E-state index is 0.0969. The molecule has 0 atom stereocenters. The Morgan fingerprint density at radius 1 is 1.56 bits per heavy atom. The van der Waals surface area contributed by atoms with Crippen molar-refractivity contribution in [1.82, 2.24) is 15.1 Å². The molecule has 2 N–H and O–H groups in total. The van der Waals surface area contributed by atoms with Gasteiger partial charge in [-0.05, 0) is 32.8 Å². The summed E-state index contributed by atoms with van der Waals surface area (Å²) in [5.41, 5.74) is 1.45. The maximum atomic E-state index is 11.8. The normalized spacial score (nSPS) is 10.4. The number of carbonyl (C=O) groups excluding carboxylic acids is 1. The fraction of sp³-hybridized carbons (Fsp3) is 0.636. The van der Waals surface area contributed by atoms with Crippen LogP contribution in [-0.4, -0.2) is 33.9 Å². The molecule has 0 radical (unpaired) electrons. The number of aliphatic hydroxyl groups excluding tert-OH is 1. The minimum Gasteiger partial charge on any atom is -0.396 e. The van der Waals surface area contributed by atoms with E-state index >= 15 is 0 Å². The summed E-state index contributed by atoms with van der Waals surface area (Å²) in [4.78, 5) is 11.8. The van der Waals surface area contributed by atoms with Crippen LogP contribution in [0.5, 0.6) is 0 Å². The second-order valence-electron chi connectivity index (χ2n) is 3.67. The van der Waals surface area contributed by atoms with Crippen molar-refractivity contribution in [2.45, 2.75) is 33.2 Å². The number of unbranched alkanes of at least 4 members (excludes halogenated alkanes) is 1. The average Bonchev–Trinajstić information content (AvgIpc) is 2.65. The molecule has 0 saturated carbocycles. The number of nitrogens with zero attached hydrogens (tertiary/aromatic N) is 2. The van der Waals surface area contributed by atoms with Gasteiger partial charge in [-0.3, -0.25) is 9.48 Å². The molecule has 1 heterocycles. The van der Waals surface area contributed by atoms with E-state index in [-0.39, 0.29) is 12.5 Å². The Morgan fingerprint density at radius 3 is 2.94 bits per heavy atom. The van der Waals surface area contributed by atoms with Crippen molar-refractivity contribution in [3.05, 3.63) is 17.5 Å². The van der Waals surface area contributed by atoms with Gasteiger partial charge in [0.2, 0.25) is 0 Å². The lowest BCUT2D eigenvalue weighted by Gasteiger charge is -2.05. The van der Waals surface area contributed by atoms with Gasteiger partial charge >= 0.3 is 0 Å². The van der Waals surface area contributed by atoms with Crippen LogP contribution in [0.1, 0.15) is 35.9 Å². The number of hydrogen-bond acceptors (Lipinski definition) is 3. The van der Waals surface area contributed by atoms with Crippen LogP contribution in [0.25, 0.3) is 0 Å². The predicted molar refractivity (Wildman–Crippen MR) is 61.3 cm³/mol. The number of amides is 1. The Labute approximate surface area is 95.5 Å². The summed E-state index contributed by atoms with van der Waals surface area (Å²) < 4.78 is 1.69. The van der Waals surface area contributed by atoms with Crippen LogP contribution in [0.3, 0.4) is 0 Å². The molecule has 0 aromatic carbocycles. The first kappa shape index (κ1) is 12.7. The largest absolute Gasteiger partial charge is 0.396 e. The van der Waals surface area contributed by atoms with E-state index in [0.717, 1.165) is 12.1 Å². The first-order valence-corrected chi connectivity index (χ1v) is 5.62. The molecule has 5 nitrogen and oxygen atoms in total. The summed E-state index contributed by atoms with van der Waals surface area (Å²) in [6.45, 7) is 5.27. The third-order valence-electron chi connectivity index (χ3n) is 2.30. The second-order valence-corrected chi connectivity index (χ2v) is 3.67. The van der Waals surface area contributed by atoms with Crippen molar-refractivity contribution < 1.29 is 9.90 Å². The van der Waals surface area contributed by atoms with Gasteiger partial charge in [0.15, 0.2) is 0 Å². The van der Waals surface area contributed by atoms with Crippen molar-refractivity contribution in [2.24, 2.45) is 0 Å². The Morgan fingerprint density at radius 2 is 2.31 bits per heavy atom. The molecule has 0 saturated heterocycles. The molecule has 1 amide bonds. The van der Waals surface area contributed by atoms with Gasteiger partial charge in [0, 0.05) is 19.7 Å². The van der Waals surface area contributed by atoms with E-state index in [2.05, 4.69) is 10.4 Å². The number of carbonyl (C=O) groups is 1. The molecule has 1 aromatic rings. The highest BCUT2D eigenvalue weighted by Crippen LogP contribution is 2.03. The molecule has 0 unspecified atom stereocenters. The van der Waals surface area contributed by atoms with Crippen LogP contribution in [0.4, 0.5) is 0 Å². The zero-order valence-corrected chi connectivity index (χ0v) is 9.86. The molecule has 16 heavy (non-hydrogen) atoms.